The Morgan fingerprint density at radius 2 is 2.00 bits per heavy atom. The molecule has 1 saturated heterocycles. The largest absolute Gasteiger partial charge is 0.379 e. The number of aromatic amines is 1. The number of ether oxygens (including phenoxy) is 1. The van der Waals surface area contributed by atoms with Crippen molar-refractivity contribution in [2.24, 2.45) is 5.73 Å². The van der Waals surface area contributed by atoms with Crippen LogP contribution in [0.25, 0.3) is 10.9 Å². The summed E-state index contributed by atoms with van der Waals surface area (Å²) in [5.74, 6) is -0.0963. The van der Waals surface area contributed by atoms with Crippen LogP contribution >= 0.6 is 24.8 Å². The number of H-pyrrole nitrogens is 1. The first-order valence-electron chi connectivity index (χ1n) is 8.54. The number of para-hydroxylation sites is 1. The zero-order valence-electron chi connectivity index (χ0n) is 14.9. The summed E-state index contributed by atoms with van der Waals surface area (Å²) >= 11 is 0. The Hall–Kier alpha value is -1.31. The van der Waals surface area contributed by atoms with E-state index >= 15 is 0 Å². The van der Waals surface area contributed by atoms with E-state index in [1.54, 1.807) is 0 Å². The van der Waals surface area contributed by atoms with E-state index in [1.807, 2.05) is 37.4 Å². The van der Waals surface area contributed by atoms with Gasteiger partial charge < -0.3 is 20.8 Å². The summed E-state index contributed by atoms with van der Waals surface area (Å²) in [6.07, 6.45) is 2.47. The Labute approximate surface area is 166 Å². The zero-order chi connectivity index (χ0) is 16.9. The van der Waals surface area contributed by atoms with Crippen LogP contribution in [0.2, 0.25) is 0 Å². The Kier molecular flexibility index (Phi) is 9.39. The summed E-state index contributed by atoms with van der Waals surface area (Å²) in [6.45, 7) is 6.21. The summed E-state index contributed by atoms with van der Waals surface area (Å²) in [5, 5.41) is 4.16. The number of nitrogens with zero attached hydrogens (tertiary/aromatic N) is 1. The molecular weight excluding hydrogens is 375 g/mol. The lowest BCUT2D eigenvalue weighted by Crippen LogP contribution is -2.50. The molecule has 0 spiro atoms. The molecule has 2 atom stereocenters. The number of carbonyl (C=O) groups excluding carboxylic acids is 1. The second-order valence-corrected chi connectivity index (χ2v) is 6.49. The van der Waals surface area contributed by atoms with Crippen LogP contribution in [0.1, 0.15) is 12.5 Å². The normalized spacial score (nSPS) is 17.0. The van der Waals surface area contributed by atoms with Crippen molar-refractivity contribution in [3.63, 3.8) is 0 Å². The minimum absolute atomic E-state index is 0. The van der Waals surface area contributed by atoms with Gasteiger partial charge in [-0.05, 0) is 25.0 Å². The number of hydrogen-bond acceptors (Lipinski definition) is 4. The van der Waals surface area contributed by atoms with Gasteiger partial charge in [-0.25, -0.2) is 0 Å². The number of fused-ring (bicyclic) bond motifs is 1. The van der Waals surface area contributed by atoms with Gasteiger partial charge in [-0.3, -0.25) is 9.69 Å². The van der Waals surface area contributed by atoms with Crippen molar-refractivity contribution in [3.8, 4) is 0 Å². The average molecular weight is 403 g/mol. The third-order valence-electron chi connectivity index (χ3n) is 4.48. The van der Waals surface area contributed by atoms with Crippen LogP contribution in [0.4, 0.5) is 0 Å². The topological polar surface area (TPSA) is 83.4 Å². The maximum atomic E-state index is 12.4. The highest BCUT2D eigenvalue weighted by Gasteiger charge is 2.20. The Morgan fingerprint density at radius 1 is 1.31 bits per heavy atom. The number of nitrogens with two attached hydrogens (primary N) is 1. The van der Waals surface area contributed by atoms with Gasteiger partial charge in [-0.2, -0.15) is 0 Å². The molecule has 0 aliphatic carbocycles. The molecule has 1 unspecified atom stereocenters. The van der Waals surface area contributed by atoms with Gasteiger partial charge in [-0.1, -0.05) is 18.2 Å². The number of amides is 1. The van der Waals surface area contributed by atoms with E-state index < -0.39 is 6.04 Å². The highest BCUT2D eigenvalue weighted by molar-refractivity contribution is 5.86. The van der Waals surface area contributed by atoms with Gasteiger partial charge in [0.25, 0.3) is 0 Å². The maximum absolute atomic E-state index is 12.4. The molecule has 1 amide bonds. The summed E-state index contributed by atoms with van der Waals surface area (Å²) in [6, 6.07) is 7.58. The second kappa shape index (κ2) is 10.7. The van der Waals surface area contributed by atoms with Crippen LogP contribution in [0, 0.1) is 0 Å². The molecule has 2 aromatic rings. The lowest BCUT2D eigenvalue weighted by atomic mass is 10.0. The summed E-state index contributed by atoms with van der Waals surface area (Å²) in [4.78, 5) is 17.9. The summed E-state index contributed by atoms with van der Waals surface area (Å²) in [5.41, 5.74) is 8.27. The van der Waals surface area contributed by atoms with Gasteiger partial charge in [0.2, 0.25) is 5.91 Å². The number of nitrogens with one attached hydrogen (secondary N) is 2. The van der Waals surface area contributed by atoms with Gasteiger partial charge in [0.1, 0.15) is 0 Å². The molecule has 3 rings (SSSR count). The number of benzene rings is 1. The van der Waals surface area contributed by atoms with Crippen molar-refractivity contribution in [3.05, 3.63) is 36.0 Å². The molecule has 26 heavy (non-hydrogen) atoms. The second-order valence-electron chi connectivity index (χ2n) is 6.49. The molecular formula is C18H28Cl2N4O2. The number of morpholine rings is 1. The highest BCUT2D eigenvalue weighted by Crippen LogP contribution is 2.18. The molecule has 0 bridgehead atoms. The quantitative estimate of drug-likeness (QED) is 0.686. The Balaban J connectivity index is 0.00000169. The minimum Gasteiger partial charge on any atom is -0.379 e. The van der Waals surface area contributed by atoms with E-state index in [0.29, 0.717) is 6.42 Å². The molecule has 1 aromatic carbocycles. The molecule has 4 N–H and O–H groups in total. The van der Waals surface area contributed by atoms with Crippen molar-refractivity contribution in [2.75, 3.05) is 32.8 Å². The first-order chi connectivity index (χ1) is 11.6. The number of carbonyl (C=O) groups is 1. The number of halogens is 2. The van der Waals surface area contributed by atoms with Gasteiger partial charge in [0.05, 0.1) is 19.3 Å². The van der Waals surface area contributed by atoms with E-state index in [2.05, 4.69) is 15.2 Å². The number of rotatable bonds is 6. The van der Waals surface area contributed by atoms with E-state index in [-0.39, 0.29) is 36.8 Å². The third-order valence-corrected chi connectivity index (χ3v) is 4.48. The molecule has 0 saturated carbocycles. The lowest BCUT2D eigenvalue weighted by molar-refractivity contribution is -0.123. The molecule has 0 radical (unpaired) electrons. The van der Waals surface area contributed by atoms with E-state index in [9.17, 15) is 4.79 Å². The van der Waals surface area contributed by atoms with Crippen LogP contribution in [0.15, 0.2) is 30.5 Å². The van der Waals surface area contributed by atoms with Gasteiger partial charge in [0.15, 0.2) is 0 Å². The minimum atomic E-state index is -0.545. The lowest BCUT2D eigenvalue weighted by Gasteiger charge is -2.29. The van der Waals surface area contributed by atoms with Gasteiger partial charge in [-0.15, -0.1) is 24.8 Å². The van der Waals surface area contributed by atoms with E-state index in [0.717, 1.165) is 49.3 Å². The molecule has 1 aliphatic rings. The van der Waals surface area contributed by atoms with Crippen molar-refractivity contribution in [1.82, 2.24) is 15.2 Å². The number of aromatic nitrogens is 1. The summed E-state index contributed by atoms with van der Waals surface area (Å²) < 4.78 is 5.34. The van der Waals surface area contributed by atoms with Crippen molar-refractivity contribution < 1.29 is 9.53 Å². The average Bonchev–Trinajstić information content (AvgIpc) is 2.99. The molecule has 8 heteroatoms. The standard InChI is InChI=1S/C18H26N4O2.2ClH/c1-13(12-22-6-8-24-9-7-22)21-18(23)16(19)10-14-11-20-17-5-3-2-4-15(14)17;;/h2-5,11,13,16,20H,6-10,12,19H2,1H3,(H,21,23);2*1H/t13?,16-;;/m0../s1. The molecule has 1 fully saturated rings. The van der Waals surface area contributed by atoms with Crippen LogP contribution in [-0.4, -0.2) is 60.7 Å². The number of hydrogen-bond donors (Lipinski definition) is 3. The predicted molar refractivity (Wildman–Crippen MR) is 109 cm³/mol. The molecule has 2 heterocycles. The highest BCUT2D eigenvalue weighted by atomic mass is 35.5. The van der Waals surface area contributed by atoms with Gasteiger partial charge >= 0.3 is 0 Å². The predicted octanol–water partition coefficient (Wildman–Crippen LogP) is 1.72. The third kappa shape index (κ3) is 5.86. The Bertz CT molecular complexity index is 689. The fraction of sp³-hybridized carbons (Fsp3) is 0.500. The van der Waals surface area contributed by atoms with Gasteiger partial charge in [0, 0.05) is 42.8 Å². The van der Waals surface area contributed by atoms with Crippen LogP contribution in [0.3, 0.4) is 0 Å². The Morgan fingerprint density at radius 3 is 2.73 bits per heavy atom. The van der Waals surface area contributed by atoms with Crippen LogP contribution in [0.5, 0.6) is 0 Å². The maximum Gasteiger partial charge on any atom is 0.237 e. The monoisotopic (exact) mass is 402 g/mol. The molecule has 1 aromatic heterocycles. The van der Waals surface area contributed by atoms with E-state index in [4.69, 9.17) is 10.5 Å². The van der Waals surface area contributed by atoms with Crippen molar-refractivity contribution in [1.29, 1.82) is 0 Å². The van der Waals surface area contributed by atoms with Crippen molar-refractivity contribution >= 4 is 41.6 Å². The first kappa shape index (κ1) is 22.7. The summed E-state index contributed by atoms with van der Waals surface area (Å²) in [7, 11) is 0. The van der Waals surface area contributed by atoms with Crippen LogP contribution in [-0.2, 0) is 16.0 Å². The first-order valence-corrected chi connectivity index (χ1v) is 8.54. The molecule has 1 aliphatic heterocycles. The smallest absolute Gasteiger partial charge is 0.237 e. The van der Waals surface area contributed by atoms with E-state index in [1.165, 1.54) is 0 Å². The fourth-order valence-electron chi connectivity index (χ4n) is 3.20. The molecule has 146 valence electrons. The SMILES string of the molecule is CC(CN1CCOCC1)NC(=O)[C@@H](N)Cc1c[nH]c2ccccc12.Cl.Cl. The fourth-order valence-corrected chi connectivity index (χ4v) is 3.20. The van der Waals surface area contributed by atoms with Crippen LogP contribution < -0.4 is 11.1 Å². The zero-order valence-corrected chi connectivity index (χ0v) is 16.6. The molecule has 6 nitrogen and oxygen atoms in total. The van der Waals surface area contributed by atoms with Crippen molar-refractivity contribution in [2.45, 2.75) is 25.4 Å².